The van der Waals surface area contributed by atoms with Gasteiger partial charge < -0.3 is 4.90 Å². The maximum Gasteiger partial charge on any atom is 0.445 e. The van der Waals surface area contributed by atoms with E-state index in [0.29, 0.717) is 24.4 Å². The Bertz CT molecular complexity index is 587. The molecule has 2 heterocycles. The number of nitrogens with one attached hydrogen (secondary N) is 1. The molecule has 2 rings (SSSR count). The van der Waals surface area contributed by atoms with E-state index in [0.717, 1.165) is 19.1 Å². The lowest BCUT2D eigenvalue weighted by molar-refractivity contribution is -0.138. The first-order valence-corrected chi connectivity index (χ1v) is 8.96. The maximum atomic E-state index is 12.5. The summed E-state index contributed by atoms with van der Waals surface area (Å²) in [7, 11) is -3.26. The molecule has 1 fully saturated rings. The fraction of sp³-hybridized carbons (Fsp3) is 0.800. The van der Waals surface area contributed by atoms with E-state index >= 15 is 0 Å². The first-order valence-electron chi connectivity index (χ1n) is 6.25. The molecule has 21 heavy (non-hydrogen) atoms. The normalized spacial score (nSPS) is 20.8. The Hall–Kier alpha value is -0.940. The molecule has 1 aliphatic rings. The summed E-state index contributed by atoms with van der Waals surface area (Å²) in [6.45, 7) is 1.34. The van der Waals surface area contributed by atoms with Crippen molar-refractivity contribution in [1.82, 2.24) is 14.9 Å². The number of piperidine rings is 1. The second-order valence-corrected chi connectivity index (χ2v) is 7.75. The van der Waals surface area contributed by atoms with Crippen LogP contribution in [0, 0.1) is 5.92 Å². The van der Waals surface area contributed by atoms with Crippen LogP contribution in [0.2, 0.25) is 0 Å². The second kappa shape index (κ2) is 6.05. The fourth-order valence-electron chi connectivity index (χ4n) is 2.13. The van der Waals surface area contributed by atoms with E-state index < -0.39 is 21.2 Å². The van der Waals surface area contributed by atoms with Crippen LogP contribution in [0.15, 0.2) is 0 Å². The minimum absolute atomic E-state index is 0.0479. The predicted molar refractivity (Wildman–Crippen MR) is 72.7 cm³/mol. The molecule has 1 N–H and O–H groups in total. The van der Waals surface area contributed by atoms with Crippen LogP contribution in [0.3, 0.4) is 0 Å². The van der Waals surface area contributed by atoms with E-state index in [1.165, 1.54) is 0 Å². The van der Waals surface area contributed by atoms with Crippen molar-refractivity contribution in [3.8, 4) is 0 Å². The van der Waals surface area contributed by atoms with Gasteiger partial charge in [0.05, 0.1) is 6.26 Å². The van der Waals surface area contributed by atoms with Crippen molar-refractivity contribution in [2.75, 3.05) is 30.8 Å². The zero-order chi connectivity index (χ0) is 15.7. The molecule has 0 radical (unpaired) electrons. The van der Waals surface area contributed by atoms with Crippen molar-refractivity contribution in [3.05, 3.63) is 5.01 Å². The second-order valence-electron chi connectivity index (χ2n) is 4.96. The van der Waals surface area contributed by atoms with E-state index in [-0.39, 0.29) is 17.6 Å². The van der Waals surface area contributed by atoms with Gasteiger partial charge >= 0.3 is 6.18 Å². The maximum absolute atomic E-state index is 12.5. The highest BCUT2D eigenvalue weighted by molar-refractivity contribution is 7.88. The minimum atomic E-state index is -4.48. The van der Waals surface area contributed by atoms with E-state index in [9.17, 15) is 21.6 Å². The Morgan fingerprint density at radius 3 is 2.71 bits per heavy atom. The Kier molecular flexibility index (Phi) is 4.73. The number of hydrogen-bond acceptors (Lipinski definition) is 6. The Morgan fingerprint density at radius 2 is 2.14 bits per heavy atom. The zero-order valence-electron chi connectivity index (χ0n) is 11.2. The highest BCUT2D eigenvalue weighted by Gasteiger charge is 2.36. The molecule has 0 unspecified atom stereocenters. The quantitative estimate of drug-likeness (QED) is 0.892. The summed E-state index contributed by atoms with van der Waals surface area (Å²) in [5, 5.41) is 6.01. The number of anilines is 1. The third-order valence-electron chi connectivity index (χ3n) is 3.08. The van der Waals surface area contributed by atoms with Crippen LogP contribution in [0.1, 0.15) is 17.8 Å². The van der Waals surface area contributed by atoms with Gasteiger partial charge in [0, 0.05) is 19.6 Å². The van der Waals surface area contributed by atoms with Crippen LogP contribution < -0.4 is 9.62 Å². The van der Waals surface area contributed by atoms with Gasteiger partial charge in [0.15, 0.2) is 0 Å². The van der Waals surface area contributed by atoms with Crippen LogP contribution >= 0.6 is 11.3 Å². The average molecular weight is 344 g/mol. The van der Waals surface area contributed by atoms with Crippen molar-refractivity contribution >= 4 is 26.5 Å². The summed E-state index contributed by atoms with van der Waals surface area (Å²) >= 11 is 0.512. The molecule has 0 bridgehead atoms. The van der Waals surface area contributed by atoms with Crippen molar-refractivity contribution in [3.63, 3.8) is 0 Å². The largest absolute Gasteiger partial charge is 0.445 e. The molecule has 0 aliphatic carbocycles. The predicted octanol–water partition coefficient (Wildman–Crippen LogP) is 1.32. The molecule has 0 spiro atoms. The van der Waals surface area contributed by atoms with E-state index in [1.54, 1.807) is 4.90 Å². The summed E-state index contributed by atoms with van der Waals surface area (Å²) in [6, 6.07) is 0. The topological polar surface area (TPSA) is 75.2 Å². The Balaban J connectivity index is 1.99. The summed E-state index contributed by atoms with van der Waals surface area (Å²) < 4.78 is 62.1. The van der Waals surface area contributed by atoms with Crippen molar-refractivity contribution < 1.29 is 21.6 Å². The molecule has 120 valence electrons. The molecule has 0 aromatic carbocycles. The smallest absolute Gasteiger partial charge is 0.346 e. The van der Waals surface area contributed by atoms with Gasteiger partial charge in [-0.1, -0.05) is 11.3 Å². The number of rotatable bonds is 4. The van der Waals surface area contributed by atoms with Gasteiger partial charge in [0.25, 0.3) is 0 Å². The summed E-state index contributed by atoms with van der Waals surface area (Å²) in [4.78, 5) is 1.73. The average Bonchev–Trinajstić information content (AvgIpc) is 2.85. The monoisotopic (exact) mass is 344 g/mol. The van der Waals surface area contributed by atoms with Crippen LogP contribution in [0.4, 0.5) is 18.3 Å². The number of hydrogen-bond donors (Lipinski definition) is 1. The van der Waals surface area contributed by atoms with Crippen LogP contribution in [0.5, 0.6) is 0 Å². The highest BCUT2D eigenvalue weighted by Crippen LogP contribution is 2.35. The van der Waals surface area contributed by atoms with E-state index in [1.807, 2.05) is 0 Å². The summed E-state index contributed by atoms with van der Waals surface area (Å²) in [6.07, 6.45) is -1.81. The van der Waals surface area contributed by atoms with Gasteiger partial charge in [0.2, 0.25) is 20.2 Å². The Morgan fingerprint density at radius 1 is 1.43 bits per heavy atom. The number of sulfonamides is 1. The minimum Gasteiger partial charge on any atom is -0.346 e. The fourth-order valence-corrected chi connectivity index (χ4v) is 3.42. The van der Waals surface area contributed by atoms with E-state index in [4.69, 9.17) is 0 Å². The van der Waals surface area contributed by atoms with Gasteiger partial charge in [-0.05, 0) is 18.8 Å². The van der Waals surface area contributed by atoms with Gasteiger partial charge in [0.1, 0.15) is 0 Å². The number of alkyl halides is 3. The van der Waals surface area contributed by atoms with Crippen molar-refractivity contribution in [2.24, 2.45) is 5.92 Å². The van der Waals surface area contributed by atoms with Crippen molar-refractivity contribution in [2.45, 2.75) is 19.0 Å². The molecule has 1 aliphatic heterocycles. The van der Waals surface area contributed by atoms with Gasteiger partial charge in [-0.2, -0.15) is 13.2 Å². The molecule has 1 atom stereocenters. The van der Waals surface area contributed by atoms with E-state index in [2.05, 4.69) is 14.9 Å². The molecule has 11 heteroatoms. The third-order valence-corrected chi connectivity index (χ3v) is 4.80. The SMILES string of the molecule is CS(=O)(=O)NC[C@H]1CCCN(c2nnc(C(F)(F)F)s2)C1. The highest BCUT2D eigenvalue weighted by atomic mass is 32.2. The summed E-state index contributed by atoms with van der Waals surface area (Å²) in [5.41, 5.74) is 0. The molecule has 1 aromatic rings. The lowest BCUT2D eigenvalue weighted by atomic mass is 9.99. The van der Waals surface area contributed by atoms with Gasteiger partial charge in [-0.3, -0.25) is 0 Å². The van der Waals surface area contributed by atoms with Crippen molar-refractivity contribution in [1.29, 1.82) is 0 Å². The first-order chi connectivity index (χ1) is 9.65. The number of halogens is 3. The zero-order valence-corrected chi connectivity index (χ0v) is 12.9. The first kappa shape index (κ1) is 16.4. The standard InChI is InChI=1S/C10H15F3N4O2S2/c1-21(18,19)14-5-7-3-2-4-17(6-7)9-16-15-8(20-9)10(11,12)13/h7,14H,2-6H2,1H3/t7-/m1/s1. The third kappa shape index (κ3) is 4.78. The molecule has 6 nitrogen and oxygen atoms in total. The number of aromatic nitrogens is 2. The summed E-state index contributed by atoms with van der Waals surface area (Å²) in [5.74, 6) is 0.0479. The Labute approximate surface area is 124 Å². The van der Waals surface area contributed by atoms with Gasteiger partial charge in [-0.25, -0.2) is 13.1 Å². The van der Waals surface area contributed by atoms with Crippen LogP contribution in [-0.2, 0) is 16.2 Å². The molecule has 1 aromatic heterocycles. The lowest BCUT2D eigenvalue weighted by Gasteiger charge is -2.32. The molecule has 0 amide bonds. The van der Waals surface area contributed by atoms with Crippen LogP contribution in [0.25, 0.3) is 0 Å². The lowest BCUT2D eigenvalue weighted by Crippen LogP contribution is -2.40. The molecule has 0 saturated carbocycles. The number of nitrogens with zero attached hydrogens (tertiary/aromatic N) is 3. The molecular formula is C10H15F3N4O2S2. The van der Waals surface area contributed by atoms with Crippen LogP contribution in [-0.4, -0.2) is 44.5 Å². The molecule has 1 saturated heterocycles. The molecular weight excluding hydrogens is 329 g/mol. The van der Waals surface area contributed by atoms with Gasteiger partial charge in [-0.15, -0.1) is 10.2 Å².